The molecular weight excluding hydrogens is 516 g/mol. The summed E-state index contributed by atoms with van der Waals surface area (Å²) in [6.45, 7) is 9.55. The number of rotatable bonds is 7. The third-order valence-electron chi connectivity index (χ3n) is 8.98. The summed E-state index contributed by atoms with van der Waals surface area (Å²) < 4.78 is 0. The fourth-order valence-electron chi connectivity index (χ4n) is 7.34. The summed E-state index contributed by atoms with van der Waals surface area (Å²) in [4.78, 5) is 20.2. The van der Waals surface area contributed by atoms with Crippen molar-refractivity contribution >= 4 is 32.4 Å². The van der Waals surface area contributed by atoms with Crippen LogP contribution in [0.15, 0.2) is 66.2 Å². The molecule has 3 aliphatic rings. The second-order valence-corrected chi connectivity index (χ2v) is 18.4. The van der Waals surface area contributed by atoms with Crippen LogP contribution in [-0.4, -0.2) is 45.4 Å². The molecule has 1 heterocycles. The maximum Gasteiger partial charge on any atom is 0.126 e. The normalized spacial score (nSPS) is 25.9. The van der Waals surface area contributed by atoms with Gasteiger partial charge in [-0.2, -0.15) is 5.06 Å². The molecule has 0 N–H and O–H groups in total. The molecule has 210 valence electrons. The molecule has 39 heavy (non-hydrogen) atoms. The first-order valence-electron chi connectivity index (χ1n) is 15.2. The monoisotopic (exact) mass is 563 g/mol. The largest absolute Gasteiger partial charge is 0.292 e. The Labute approximate surface area is 239 Å². The molecule has 1 aliphatic heterocycles. The number of carbonyl (C=O) groups excluding carboxylic acids is 1. The third kappa shape index (κ3) is 6.30. The van der Waals surface area contributed by atoms with Gasteiger partial charge in [-0.15, -0.1) is 0 Å². The fraction of sp³-hybridized carbons (Fsp3) is 0.588. The van der Waals surface area contributed by atoms with Crippen molar-refractivity contribution in [2.75, 3.05) is 6.54 Å². The highest BCUT2D eigenvalue weighted by Crippen LogP contribution is 2.67. The SMILES string of the molecule is CC(C)(C)ON1C[C@@H](P(C2CCCCC2)C2CCCCC2)C(=C=O)[C@]1(C)P(c1ccccc1)c1ccccc1. The zero-order valence-corrected chi connectivity index (χ0v) is 26.2. The molecule has 2 atom stereocenters. The van der Waals surface area contributed by atoms with Crippen LogP contribution in [0.3, 0.4) is 0 Å². The summed E-state index contributed by atoms with van der Waals surface area (Å²) >= 11 is 0. The summed E-state index contributed by atoms with van der Waals surface area (Å²) in [5.41, 5.74) is 2.44. The van der Waals surface area contributed by atoms with Crippen molar-refractivity contribution in [2.24, 2.45) is 0 Å². The number of hydroxylamine groups is 2. The number of nitrogens with zero attached hydrogens (tertiary/aromatic N) is 1. The van der Waals surface area contributed by atoms with Crippen LogP contribution in [0.5, 0.6) is 0 Å². The summed E-state index contributed by atoms with van der Waals surface area (Å²) in [6.07, 6.45) is 13.5. The first-order chi connectivity index (χ1) is 18.8. The van der Waals surface area contributed by atoms with Gasteiger partial charge >= 0.3 is 0 Å². The topological polar surface area (TPSA) is 29.5 Å². The predicted octanol–water partition coefficient (Wildman–Crippen LogP) is 8.16. The van der Waals surface area contributed by atoms with Gasteiger partial charge in [0.25, 0.3) is 0 Å². The summed E-state index contributed by atoms with van der Waals surface area (Å²) in [5.74, 6) is 2.68. The highest BCUT2D eigenvalue weighted by molar-refractivity contribution is 7.74. The lowest BCUT2D eigenvalue weighted by molar-refractivity contribution is -0.238. The van der Waals surface area contributed by atoms with Crippen LogP contribution in [0.1, 0.15) is 91.9 Å². The van der Waals surface area contributed by atoms with Crippen molar-refractivity contribution in [3.63, 3.8) is 0 Å². The molecule has 3 nitrogen and oxygen atoms in total. The third-order valence-corrected chi connectivity index (χ3v) is 15.8. The Balaban J connectivity index is 1.65. The summed E-state index contributed by atoms with van der Waals surface area (Å²) in [7, 11) is -1.29. The molecule has 0 aromatic heterocycles. The minimum Gasteiger partial charge on any atom is -0.292 e. The van der Waals surface area contributed by atoms with Crippen LogP contribution in [0.4, 0.5) is 0 Å². The zero-order valence-electron chi connectivity index (χ0n) is 24.4. The van der Waals surface area contributed by atoms with Crippen LogP contribution in [-0.2, 0) is 9.63 Å². The van der Waals surface area contributed by atoms with Gasteiger partial charge in [0, 0.05) is 17.8 Å². The van der Waals surface area contributed by atoms with Gasteiger partial charge in [0.2, 0.25) is 0 Å². The lowest BCUT2D eigenvalue weighted by Gasteiger charge is -2.44. The number of hydrogen-bond acceptors (Lipinski definition) is 3. The Kier molecular flexibility index (Phi) is 9.48. The van der Waals surface area contributed by atoms with E-state index in [1.165, 1.54) is 74.8 Å². The molecule has 0 bridgehead atoms. The van der Waals surface area contributed by atoms with Crippen LogP contribution in [0.25, 0.3) is 0 Å². The lowest BCUT2D eigenvalue weighted by Crippen LogP contribution is -2.48. The molecule has 3 fully saturated rings. The van der Waals surface area contributed by atoms with Gasteiger partial charge in [-0.1, -0.05) is 107 Å². The summed E-state index contributed by atoms with van der Waals surface area (Å²) in [6, 6.07) is 21.7. The number of benzene rings is 2. The van der Waals surface area contributed by atoms with E-state index >= 15 is 0 Å². The average Bonchev–Trinajstić information content (AvgIpc) is 3.21. The van der Waals surface area contributed by atoms with Crippen molar-refractivity contribution in [1.29, 1.82) is 0 Å². The number of hydrogen-bond donors (Lipinski definition) is 0. The molecule has 2 saturated carbocycles. The van der Waals surface area contributed by atoms with E-state index in [-0.39, 0.29) is 19.2 Å². The van der Waals surface area contributed by atoms with Crippen LogP contribution >= 0.6 is 15.8 Å². The highest BCUT2D eigenvalue weighted by atomic mass is 31.1. The maximum atomic E-state index is 13.4. The van der Waals surface area contributed by atoms with Crippen LogP contribution in [0.2, 0.25) is 0 Å². The van der Waals surface area contributed by atoms with Gasteiger partial charge in [-0.05, 0) is 83.2 Å². The van der Waals surface area contributed by atoms with Crippen molar-refractivity contribution in [2.45, 2.75) is 120 Å². The average molecular weight is 564 g/mol. The molecule has 0 spiro atoms. The van der Waals surface area contributed by atoms with Gasteiger partial charge in [0.15, 0.2) is 0 Å². The van der Waals surface area contributed by atoms with E-state index in [0.717, 1.165) is 23.4 Å². The molecule has 5 heteroatoms. The maximum absolute atomic E-state index is 13.4. The molecule has 5 rings (SSSR count). The summed E-state index contributed by atoms with van der Waals surface area (Å²) in [5, 5.41) is 4.29. The minimum atomic E-state index is -0.946. The van der Waals surface area contributed by atoms with Crippen molar-refractivity contribution in [1.82, 2.24) is 5.06 Å². The second-order valence-electron chi connectivity index (χ2n) is 12.9. The van der Waals surface area contributed by atoms with E-state index in [2.05, 4.69) is 99.4 Å². The molecule has 2 aromatic rings. The smallest absolute Gasteiger partial charge is 0.126 e. The Morgan fingerprint density at radius 1 is 0.795 bits per heavy atom. The van der Waals surface area contributed by atoms with Gasteiger partial charge in [0.05, 0.1) is 5.60 Å². The Hall–Kier alpha value is -1.33. The van der Waals surface area contributed by atoms with Crippen molar-refractivity contribution in [3.8, 4) is 0 Å². The Bertz CT molecular complexity index is 1060. The molecule has 1 saturated heterocycles. The van der Waals surface area contributed by atoms with E-state index in [9.17, 15) is 4.79 Å². The minimum absolute atomic E-state index is 0.258. The molecule has 0 amide bonds. The Morgan fingerprint density at radius 3 is 1.67 bits per heavy atom. The van der Waals surface area contributed by atoms with E-state index in [4.69, 9.17) is 4.84 Å². The van der Waals surface area contributed by atoms with Crippen molar-refractivity contribution in [3.05, 3.63) is 66.2 Å². The first-order valence-corrected chi connectivity index (χ1v) is 18.1. The van der Waals surface area contributed by atoms with E-state index in [0.29, 0.717) is 0 Å². The van der Waals surface area contributed by atoms with Crippen LogP contribution in [0, 0.1) is 0 Å². The highest BCUT2D eigenvalue weighted by Gasteiger charge is 2.58. The fourth-order valence-corrected chi connectivity index (χ4v) is 15.0. The molecular formula is C34H47NO2P2. The predicted molar refractivity (Wildman–Crippen MR) is 169 cm³/mol. The molecule has 2 aromatic carbocycles. The van der Waals surface area contributed by atoms with Gasteiger partial charge in [0.1, 0.15) is 11.2 Å². The quantitative estimate of drug-likeness (QED) is 0.252. The van der Waals surface area contributed by atoms with Gasteiger partial charge in [-0.25, -0.2) is 4.79 Å². The molecule has 2 aliphatic carbocycles. The van der Waals surface area contributed by atoms with E-state index < -0.39 is 13.2 Å². The standard InChI is InChI=1S/C34H47NO2P2/c1-33(2,3)37-35-25-32(38(27-17-9-5-10-18-27)28-19-11-6-12-20-28)31(26-36)34(35,4)39(29-21-13-7-14-22-29)30-23-15-8-16-24-30/h7-8,13-16,21-24,27-28,32H,5-6,9-12,17-20,25H2,1-4H3/t32-,34+/m1/s1. The molecule has 0 unspecified atom stereocenters. The van der Waals surface area contributed by atoms with E-state index in [1.807, 2.05) is 0 Å². The second kappa shape index (κ2) is 12.7. The zero-order chi connectivity index (χ0) is 27.5. The molecule has 0 radical (unpaired) electrons. The van der Waals surface area contributed by atoms with Crippen molar-refractivity contribution < 1.29 is 9.63 Å². The van der Waals surface area contributed by atoms with E-state index in [1.54, 1.807) is 0 Å². The van der Waals surface area contributed by atoms with Gasteiger partial charge in [-0.3, -0.25) is 4.84 Å². The Morgan fingerprint density at radius 2 is 1.26 bits per heavy atom. The van der Waals surface area contributed by atoms with Gasteiger partial charge < -0.3 is 0 Å². The first kappa shape index (κ1) is 29.2. The van der Waals surface area contributed by atoms with Crippen LogP contribution < -0.4 is 10.6 Å². The lowest BCUT2D eigenvalue weighted by atomic mass is 9.99.